The van der Waals surface area contributed by atoms with Crippen molar-refractivity contribution in [1.82, 2.24) is 20.9 Å². The smallest absolute Gasteiger partial charge is 0.328 e. The van der Waals surface area contributed by atoms with E-state index in [9.17, 15) is 39.3 Å². The Morgan fingerprint density at radius 2 is 1.59 bits per heavy atom. The highest BCUT2D eigenvalue weighted by atomic mass is 16.4. The zero-order valence-electron chi connectivity index (χ0n) is 20.0. The summed E-state index contributed by atoms with van der Waals surface area (Å²) in [5, 5.41) is 45.0. The van der Waals surface area contributed by atoms with E-state index >= 15 is 0 Å². The number of rotatable bonds is 14. The predicted molar refractivity (Wildman–Crippen MR) is 129 cm³/mol. The molecule has 10 N–H and O–H groups in total. The fourth-order valence-corrected chi connectivity index (χ4v) is 3.53. The van der Waals surface area contributed by atoms with Crippen molar-refractivity contribution < 1.29 is 44.4 Å². The van der Waals surface area contributed by atoms with Crippen LogP contribution in [0.15, 0.2) is 30.5 Å². The van der Waals surface area contributed by atoms with Crippen LogP contribution in [0, 0.1) is 0 Å². The fourth-order valence-electron chi connectivity index (χ4n) is 3.53. The summed E-state index contributed by atoms with van der Waals surface area (Å²) >= 11 is 0. The van der Waals surface area contributed by atoms with Gasteiger partial charge in [0, 0.05) is 29.9 Å². The lowest BCUT2D eigenvalue weighted by atomic mass is 10.0. The first-order chi connectivity index (χ1) is 17.4. The van der Waals surface area contributed by atoms with E-state index in [1.807, 2.05) is 0 Å². The normalized spacial score (nSPS) is 15.1. The summed E-state index contributed by atoms with van der Waals surface area (Å²) in [5.74, 6) is -5.43. The summed E-state index contributed by atoms with van der Waals surface area (Å²) in [6.45, 7) is 0.313. The maximum atomic E-state index is 13.0. The van der Waals surface area contributed by atoms with Gasteiger partial charge < -0.3 is 47.1 Å². The molecule has 0 saturated heterocycles. The molecule has 0 aliphatic heterocycles. The first kappa shape index (κ1) is 29.2. The fraction of sp³-hybridized carbons (Fsp3) is 0.435. The van der Waals surface area contributed by atoms with Gasteiger partial charge in [-0.15, -0.1) is 0 Å². The molecule has 0 radical (unpaired) electrons. The molecule has 5 atom stereocenters. The summed E-state index contributed by atoms with van der Waals surface area (Å²) in [6, 6.07) is 1.33. The van der Waals surface area contributed by atoms with Crippen LogP contribution in [-0.2, 0) is 30.4 Å². The third-order valence-electron chi connectivity index (χ3n) is 5.60. The number of aliphatic hydroxyl groups excluding tert-OH is 2. The highest BCUT2D eigenvalue weighted by molar-refractivity contribution is 5.95. The average molecular weight is 522 g/mol. The summed E-state index contributed by atoms with van der Waals surface area (Å²) in [7, 11) is 0. The minimum absolute atomic E-state index is 0.0993. The van der Waals surface area contributed by atoms with E-state index in [-0.39, 0.29) is 19.3 Å². The molecule has 1 aromatic carbocycles. The molecule has 2 aromatic rings. The van der Waals surface area contributed by atoms with Crippen molar-refractivity contribution in [3.05, 3.63) is 36.0 Å². The Hall–Kier alpha value is -4.01. The zero-order chi connectivity index (χ0) is 27.7. The highest BCUT2D eigenvalue weighted by Gasteiger charge is 2.32. The van der Waals surface area contributed by atoms with Crippen molar-refractivity contribution in [3.8, 4) is 0 Å². The number of nitrogens with two attached hydrogens (primary N) is 1. The Labute approximate surface area is 211 Å². The number of para-hydroxylation sites is 1. The number of hydrogen-bond donors (Lipinski definition) is 9. The van der Waals surface area contributed by atoms with Crippen molar-refractivity contribution in [2.75, 3.05) is 6.61 Å². The SMILES string of the molecule is CC(O)C(NC(=O)C(Cc1c[nH]c2ccccc12)NC(=O)C(CO)NC(=O)C(N)CCC(=O)O)C(=O)O. The van der Waals surface area contributed by atoms with Gasteiger partial charge in [-0.2, -0.15) is 0 Å². The molecule has 0 spiro atoms. The van der Waals surface area contributed by atoms with Crippen LogP contribution in [0.3, 0.4) is 0 Å². The van der Waals surface area contributed by atoms with Crippen LogP contribution in [0.2, 0.25) is 0 Å². The average Bonchev–Trinajstić information content (AvgIpc) is 3.25. The van der Waals surface area contributed by atoms with Gasteiger partial charge in [0.2, 0.25) is 17.7 Å². The van der Waals surface area contributed by atoms with Gasteiger partial charge in [0.05, 0.1) is 18.8 Å². The second-order valence-corrected chi connectivity index (χ2v) is 8.47. The van der Waals surface area contributed by atoms with E-state index in [1.54, 1.807) is 30.5 Å². The van der Waals surface area contributed by atoms with E-state index in [1.165, 1.54) is 6.92 Å². The van der Waals surface area contributed by atoms with E-state index in [0.29, 0.717) is 5.56 Å². The molecule has 14 nitrogen and oxygen atoms in total. The van der Waals surface area contributed by atoms with Crippen LogP contribution in [0.1, 0.15) is 25.3 Å². The summed E-state index contributed by atoms with van der Waals surface area (Å²) in [4.78, 5) is 63.3. The Kier molecular flexibility index (Phi) is 10.5. The molecule has 2 rings (SSSR count). The van der Waals surface area contributed by atoms with E-state index in [0.717, 1.165) is 10.9 Å². The first-order valence-electron chi connectivity index (χ1n) is 11.4. The molecule has 0 bridgehead atoms. The van der Waals surface area contributed by atoms with E-state index in [4.69, 9.17) is 10.8 Å². The number of carbonyl (C=O) groups is 5. The van der Waals surface area contributed by atoms with Gasteiger partial charge in [0.25, 0.3) is 0 Å². The quantitative estimate of drug-likeness (QED) is 0.130. The molecule has 1 aromatic heterocycles. The van der Waals surface area contributed by atoms with Crippen molar-refractivity contribution in [3.63, 3.8) is 0 Å². The monoisotopic (exact) mass is 521 g/mol. The van der Waals surface area contributed by atoms with Gasteiger partial charge in [-0.05, 0) is 25.0 Å². The van der Waals surface area contributed by atoms with Crippen LogP contribution in [0.25, 0.3) is 10.9 Å². The lowest BCUT2D eigenvalue weighted by molar-refractivity contribution is -0.145. The van der Waals surface area contributed by atoms with Crippen LogP contribution in [0.4, 0.5) is 0 Å². The highest BCUT2D eigenvalue weighted by Crippen LogP contribution is 2.19. The van der Waals surface area contributed by atoms with Gasteiger partial charge in [0.15, 0.2) is 6.04 Å². The van der Waals surface area contributed by atoms with Crippen LogP contribution < -0.4 is 21.7 Å². The molecular weight excluding hydrogens is 490 g/mol. The van der Waals surface area contributed by atoms with Crippen LogP contribution in [0.5, 0.6) is 0 Å². The molecule has 0 fully saturated rings. The van der Waals surface area contributed by atoms with Gasteiger partial charge in [-0.1, -0.05) is 18.2 Å². The third-order valence-corrected chi connectivity index (χ3v) is 5.60. The summed E-state index contributed by atoms with van der Waals surface area (Å²) in [5.41, 5.74) is 7.00. The number of hydrogen-bond acceptors (Lipinski definition) is 8. The predicted octanol–water partition coefficient (Wildman–Crippen LogP) is -2.19. The van der Waals surface area contributed by atoms with E-state index in [2.05, 4.69) is 20.9 Å². The van der Waals surface area contributed by atoms with Crippen molar-refractivity contribution in [2.24, 2.45) is 5.73 Å². The van der Waals surface area contributed by atoms with E-state index < -0.39 is 66.5 Å². The maximum absolute atomic E-state index is 13.0. The number of carboxylic acid groups (broad SMARTS) is 2. The number of aromatic amines is 1. The number of benzene rings is 1. The third kappa shape index (κ3) is 8.27. The molecule has 0 aliphatic carbocycles. The Morgan fingerprint density at radius 1 is 0.973 bits per heavy atom. The van der Waals surface area contributed by atoms with Gasteiger partial charge >= 0.3 is 11.9 Å². The standard InChI is InChI=1S/C23H31N5O9/c1-11(30)19(23(36)37)28-21(34)16(8-12-9-25-15-5-3-2-4-13(12)15)26-22(35)17(10-29)27-20(33)14(24)6-7-18(31)32/h2-5,9,11,14,16-17,19,25,29-30H,6-8,10,24H2,1H3,(H,26,35)(H,27,33)(H,28,34)(H,31,32)(H,36,37). The minimum atomic E-state index is -1.66. The van der Waals surface area contributed by atoms with Gasteiger partial charge in [-0.25, -0.2) is 4.79 Å². The van der Waals surface area contributed by atoms with Crippen molar-refractivity contribution in [2.45, 2.75) is 56.5 Å². The number of aliphatic hydroxyl groups is 2. The van der Waals surface area contributed by atoms with Gasteiger partial charge in [0.1, 0.15) is 12.1 Å². The lowest BCUT2D eigenvalue weighted by Crippen LogP contribution is -2.59. The lowest BCUT2D eigenvalue weighted by Gasteiger charge is -2.25. The summed E-state index contributed by atoms with van der Waals surface area (Å²) in [6.07, 6.45) is -0.512. The second kappa shape index (κ2) is 13.3. The molecule has 1 heterocycles. The van der Waals surface area contributed by atoms with Crippen LogP contribution in [-0.4, -0.2) is 91.9 Å². The molecule has 202 valence electrons. The molecule has 0 saturated carbocycles. The molecule has 5 unspecified atom stereocenters. The molecular formula is C23H31N5O9. The van der Waals surface area contributed by atoms with Crippen molar-refractivity contribution in [1.29, 1.82) is 0 Å². The second-order valence-electron chi connectivity index (χ2n) is 8.47. The number of nitrogens with one attached hydrogen (secondary N) is 4. The largest absolute Gasteiger partial charge is 0.481 e. The zero-order valence-corrected chi connectivity index (χ0v) is 20.0. The van der Waals surface area contributed by atoms with Crippen molar-refractivity contribution >= 4 is 40.6 Å². The molecule has 0 aliphatic rings. The van der Waals surface area contributed by atoms with Gasteiger partial charge in [-0.3, -0.25) is 19.2 Å². The molecule has 3 amide bonds. The Balaban J connectivity index is 2.23. The number of carbonyl (C=O) groups excluding carboxylic acids is 3. The Bertz CT molecular complexity index is 1130. The number of carboxylic acids is 2. The first-order valence-corrected chi connectivity index (χ1v) is 11.4. The molecule has 37 heavy (non-hydrogen) atoms. The maximum Gasteiger partial charge on any atom is 0.328 e. The molecule has 14 heteroatoms. The Morgan fingerprint density at radius 3 is 2.19 bits per heavy atom. The summed E-state index contributed by atoms with van der Waals surface area (Å²) < 4.78 is 0. The number of aromatic nitrogens is 1. The minimum Gasteiger partial charge on any atom is -0.481 e. The topological polar surface area (TPSA) is 244 Å². The number of fused-ring (bicyclic) bond motifs is 1. The number of aliphatic carboxylic acids is 2. The number of H-pyrrole nitrogens is 1. The van der Waals surface area contributed by atoms with Crippen LogP contribution >= 0.6 is 0 Å². The number of amides is 3.